The number of hydrogen-bond donors (Lipinski definition) is 1. The first-order valence-corrected chi connectivity index (χ1v) is 12.2. The standard InChI is InChI=1S/C24H30Cl2N2O2S/c1-5-17(3)27-24(30)18(4)28(15-20-21(25)7-6-8-22(20)26)23(29)13-14-31-19-11-9-16(2)10-12-19/h6-12,17-18H,5,13-15H2,1-4H3,(H,27,30). The topological polar surface area (TPSA) is 49.4 Å². The first-order chi connectivity index (χ1) is 14.7. The molecule has 2 aromatic rings. The fourth-order valence-electron chi connectivity index (χ4n) is 2.94. The fraction of sp³-hybridized carbons (Fsp3) is 0.417. The number of amides is 2. The number of benzene rings is 2. The Morgan fingerprint density at radius 3 is 2.26 bits per heavy atom. The molecule has 0 aliphatic rings. The molecular formula is C24H30Cl2N2O2S. The van der Waals surface area contributed by atoms with Crippen LogP contribution in [0.4, 0.5) is 0 Å². The van der Waals surface area contributed by atoms with Gasteiger partial charge in [-0.05, 0) is 51.5 Å². The van der Waals surface area contributed by atoms with Crippen LogP contribution in [0.1, 0.15) is 44.7 Å². The summed E-state index contributed by atoms with van der Waals surface area (Å²) in [6.07, 6.45) is 1.12. The Morgan fingerprint density at radius 1 is 1.06 bits per heavy atom. The largest absolute Gasteiger partial charge is 0.352 e. The van der Waals surface area contributed by atoms with Crippen molar-refractivity contribution in [2.24, 2.45) is 0 Å². The lowest BCUT2D eigenvalue weighted by molar-refractivity contribution is -0.140. The Hall–Kier alpha value is -1.69. The monoisotopic (exact) mass is 480 g/mol. The number of nitrogens with one attached hydrogen (secondary N) is 1. The molecule has 0 saturated heterocycles. The molecule has 0 radical (unpaired) electrons. The van der Waals surface area contributed by atoms with E-state index in [9.17, 15) is 9.59 Å². The maximum atomic E-state index is 13.2. The van der Waals surface area contributed by atoms with E-state index in [2.05, 4.69) is 17.4 Å². The van der Waals surface area contributed by atoms with E-state index in [-0.39, 0.29) is 24.4 Å². The van der Waals surface area contributed by atoms with Crippen molar-refractivity contribution in [2.45, 2.75) is 64.1 Å². The van der Waals surface area contributed by atoms with Crippen molar-refractivity contribution in [2.75, 3.05) is 5.75 Å². The second-order valence-electron chi connectivity index (χ2n) is 7.63. The highest BCUT2D eigenvalue weighted by Crippen LogP contribution is 2.27. The van der Waals surface area contributed by atoms with Gasteiger partial charge in [0.1, 0.15) is 6.04 Å². The minimum atomic E-state index is -0.641. The summed E-state index contributed by atoms with van der Waals surface area (Å²) in [4.78, 5) is 28.6. The predicted molar refractivity (Wildman–Crippen MR) is 131 cm³/mol. The Bertz CT molecular complexity index is 869. The minimum Gasteiger partial charge on any atom is -0.352 e. The molecule has 0 bridgehead atoms. The van der Waals surface area contributed by atoms with Gasteiger partial charge in [-0.1, -0.05) is 53.9 Å². The van der Waals surface area contributed by atoms with E-state index in [1.165, 1.54) is 5.56 Å². The van der Waals surface area contributed by atoms with Crippen LogP contribution in [0.25, 0.3) is 0 Å². The molecule has 0 spiro atoms. The van der Waals surface area contributed by atoms with Crippen molar-refractivity contribution in [3.05, 3.63) is 63.6 Å². The van der Waals surface area contributed by atoms with Crippen molar-refractivity contribution >= 4 is 46.8 Å². The normalized spacial score (nSPS) is 12.8. The quantitative estimate of drug-likeness (QED) is 0.416. The van der Waals surface area contributed by atoms with Gasteiger partial charge in [0.15, 0.2) is 0 Å². The van der Waals surface area contributed by atoms with E-state index in [1.54, 1.807) is 41.8 Å². The zero-order valence-electron chi connectivity index (χ0n) is 18.5. The maximum Gasteiger partial charge on any atom is 0.242 e. The van der Waals surface area contributed by atoms with Crippen LogP contribution < -0.4 is 5.32 Å². The fourth-order valence-corrected chi connectivity index (χ4v) is 4.29. The van der Waals surface area contributed by atoms with E-state index in [4.69, 9.17) is 23.2 Å². The van der Waals surface area contributed by atoms with Crippen LogP contribution in [-0.4, -0.2) is 34.6 Å². The van der Waals surface area contributed by atoms with Crippen molar-refractivity contribution in [1.29, 1.82) is 0 Å². The summed E-state index contributed by atoms with van der Waals surface area (Å²) in [6, 6.07) is 12.8. The molecule has 0 aromatic heterocycles. The third-order valence-electron chi connectivity index (χ3n) is 5.16. The number of carbonyl (C=O) groups is 2. The van der Waals surface area contributed by atoms with Gasteiger partial charge in [-0.15, -0.1) is 11.8 Å². The summed E-state index contributed by atoms with van der Waals surface area (Å²) in [6.45, 7) is 7.92. The second kappa shape index (κ2) is 12.4. The van der Waals surface area contributed by atoms with E-state index >= 15 is 0 Å². The number of carbonyl (C=O) groups excluding carboxylic acids is 2. The Balaban J connectivity index is 2.14. The summed E-state index contributed by atoms with van der Waals surface area (Å²) < 4.78 is 0. The highest BCUT2D eigenvalue weighted by Gasteiger charge is 2.27. The molecule has 2 atom stereocenters. The highest BCUT2D eigenvalue weighted by atomic mass is 35.5. The summed E-state index contributed by atoms with van der Waals surface area (Å²) >= 11 is 14.3. The number of rotatable bonds is 10. The minimum absolute atomic E-state index is 0.0351. The highest BCUT2D eigenvalue weighted by molar-refractivity contribution is 7.99. The molecule has 2 aromatic carbocycles. The first-order valence-electron chi connectivity index (χ1n) is 10.4. The van der Waals surface area contributed by atoms with Crippen LogP contribution in [0.15, 0.2) is 47.4 Å². The molecule has 0 aliphatic carbocycles. The molecule has 7 heteroatoms. The summed E-state index contributed by atoms with van der Waals surface area (Å²) in [7, 11) is 0. The third-order valence-corrected chi connectivity index (χ3v) is 6.89. The SMILES string of the molecule is CCC(C)NC(=O)C(C)N(Cc1c(Cl)cccc1Cl)C(=O)CCSc1ccc(C)cc1. The average molecular weight is 481 g/mol. The van der Waals surface area contributed by atoms with Gasteiger partial charge in [0, 0.05) is 45.3 Å². The Morgan fingerprint density at radius 2 is 1.68 bits per heavy atom. The molecule has 2 unspecified atom stereocenters. The smallest absolute Gasteiger partial charge is 0.242 e. The van der Waals surface area contributed by atoms with Gasteiger partial charge in [-0.25, -0.2) is 0 Å². The number of hydrogen-bond acceptors (Lipinski definition) is 3. The molecular weight excluding hydrogens is 451 g/mol. The lowest BCUT2D eigenvalue weighted by Crippen LogP contribution is -2.49. The van der Waals surface area contributed by atoms with Gasteiger partial charge in [0.2, 0.25) is 11.8 Å². The molecule has 31 heavy (non-hydrogen) atoms. The van der Waals surface area contributed by atoms with Crippen molar-refractivity contribution in [3.8, 4) is 0 Å². The number of nitrogens with zero attached hydrogens (tertiary/aromatic N) is 1. The van der Waals surface area contributed by atoms with Crippen LogP contribution in [0.5, 0.6) is 0 Å². The average Bonchev–Trinajstić information content (AvgIpc) is 2.74. The van der Waals surface area contributed by atoms with Gasteiger partial charge >= 0.3 is 0 Å². The molecule has 4 nitrogen and oxygen atoms in total. The number of aryl methyl sites for hydroxylation is 1. The van der Waals surface area contributed by atoms with E-state index in [0.29, 0.717) is 27.8 Å². The van der Waals surface area contributed by atoms with Crippen molar-refractivity contribution in [3.63, 3.8) is 0 Å². The molecule has 168 valence electrons. The van der Waals surface area contributed by atoms with Crippen LogP contribution in [0, 0.1) is 6.92 Å². The summed E-state index contributed by atoms with van der Waals surface area (Å²) in [5, 5.41) is 3.92. The van der Waals surface area contributed by atoms with E-state index < -0.39 is 6.04 Å². The predicted octanol–water partition coefficient (Wildman–Crippen LogP) is 6.12. The third kappa shape index (κ3) is 7.74. The van der Waals surface area contributed by atoms with Crippen molar-refractivity contribution < 1.29 is 9.59 Å². The van der Waals surface area contributed by atoms with Gasteiger partial charge in [0.05, 0.1) is 0 Å². The second-order valence-corrected chi connectivity index (χ2v) is 9.61. The zero-order chi connectivity index (χ0) is 23.0. The van der Waals surface area contributed by atoms with Gasteiger partial charge in [0.25, 0.3) is 0 Å². The lowest BCUT2D eigenvalue weighted by Gasteiger charge is -2.30. The molecule has 0 saturated carbocycles. The zero-order valence-corrected chi connectivity index (χ0v) is 20.8. The molecule has 0 fully saturated rings. The van der Waals surface area contributed by atoms with E-state index in [0.717, 1.165) is 11.3 Å². The number of halogens is 2. The Labute approximate surface area is 199 Å². The molecule has 1 N–H and O–H groups in total. The van der Waals surface area contributed by atoms with Gasteiger partial charge in [-0.2, -0.15) is 0 Å². The number of thioether (sulfide) groups is 1. The Kier molecular flexibility index (Phi) is 10.2. The molecule has 0 aliphatic heterocycles. The van der Waals surface area contributed by atoms with Gasteiger partial charge < -0.3 is 10.2 Å². The molecule has 0 heterocycles. The van der Waals surface area contributed by atoms with Crippen LogP contribution in [0.3, 0.4) is 0 Å². The van der Waals surface area contributed by atoms with E-state index in [1.807, 2.05) is 32.9 Å². The maximum absolute atomic E-state index is 13.2. The summed E-state index contributed by atoms with van der Waals surface area (Å²) in [5.41, 5.74) is 1.85. The molecule has 2 rings (SSSR count). The van der Waals surface area contributed by atoms with Crippen LogP contribution in [-0.2, 0) is 16.1 Å². The lowest BCUT2D eigenvalue weighted by atomic mass is 10.1. The molecule has 2 amide bonds. The van der Waals surface area contributed by atoms with Crippen LogP contribution in [0.2, 0.25) is 10.0 Å². The van der Waals surface area contributed by atoms with Crippen LogP contribution >= 0.6 is 35.0 Å². The summed E-state index contributed by atoms with van der Waals surface area (Å²) in [5.74, 6) is 0.327. The van der Waals surface area contributed by atoms with Gasteiger partial charge in [-0.3, -0.25) is 9.59 Å². The van der Waals surface area contributed by atoms with Crippen molar-refractivity contribution in [1.82, 2.24) is 10.2 Å². The first kappa shape index (κ1) is 25.6.